The van der Waals surface area contributed by atoms with E-state index < -0.39 is 22.5 Å². The molecule has 0 spiro atoms. The number of rotatable bonds is 7. The summed E-state index contributed by atoms with van der Waals surface area (Å²) in [5.74, 6) is -0.228. The SMILES string of the molecule is COc1ccc(C)cc1N(CC(=O)Nc1ccc(Cl)c(Cl)c1)S(=O)(=O)c1ccccc1. The number of anilines is 2. The van der Waals surface area contributed by atoms with Crippen molar-refractivity contribution in [2.45, 2.75) is 11.8 Å². The number of amides is 1. The fourth-order valence-electron chi connectivity index (χ4n) is 2.92. The standard InChI is InChI=1S/C22H20Cl2N2O4S/c1-15-8-11-21(30-2)20(12-15)26(31(28,29)17-6-4-3-5-7-17)14-22(27)25-16-9-10-18(23)19(24)13-16/h3-13H,14H2,1-2H3,(H,25,27). The molecule has 0 fully saturated rings. The smallest absolute Gasteiger partial charge is 0.264 e. The molecule has 0 unspecified atom stereocenters. The number of nitrogens with zero attached hydrogens (tertiary/aromatic N) is 1. The van der Waals surface area contributed by atoms with Gasteiger partial charge in [0.1, 0.15) is 12.3 Å². The molecule has 0 heterocycles. The fraction of sp³-hybridized carbons (Fsp3) is 0.136. The lowest BCUT2D eigenvalue weighted by Gasteiger charge is -2.26. The third-order valence-corrected chi connectivity index (χ3v) is 6.94. The van der Waals surface area contributed by atoms with Crippen LogP contribution in [0.1, 0.15) is 5.56 Å². The van der Waals surface area contributed by atoms with Crippen LogP contribution in [-0.4, -0.2) is 28.0 Å². The van der Waals surface area contributed by atoms with Gasteiger partial charge in [0, 0.05) is 5.69 Å². The average Bonchev–Trinajstić information content (AvgIpc) is 2.75. The van der Waals surface area contributed by atoms with E-state index in [1.807, 2.05) is 6.92 Å². The lowest BCUT2D eigenvalue weighted by atomic mass is 10.2. The Hall–Kier alpha value is -2.74. The Morgan fingerprint density at radius 1 is 1.00 bits per heavy atom. The third-order valence-electron chi connectivity index (χ3n) is 4.42. The molecule has 0 radical (unpaired) electrons. The maximum Gasteiger partial charge on any atom is 0.264 e. The van der Waals surface area contributed by atoms with Crippen LogP contribution in [0.4, 0.5) is 11.4 Å². The van der Waals surface area contributed by atoms with Gasteiger partial charge in [0.15, 0.2) is 0 Å². The van der Waals surface area contributed by atoms with E-state index in [-0.39, 0.29) is 15.6 Å². The van der Waals surface area contributed by atoms with Crippen molar-refractivity contribution in [1.29, 1.82) is 0 Å². The van der Waals surface area contributed by atoms with Crippen molar-refractivity contribution in [2.24, 2.45) is 0 Å². The first-order valence-electron chi connectivity index (χ1n) is 9.19. The maximum absolute atomic E-state index is 13.5. The molecule has 31 heavy (non-hydrogen) atoms. The minimum atomic E-state index is -4.06. The molecule has 0 aliphatic rings. The fourth-order valence-corrected chi connectivity index (χ4v) is 4.66. The van der Waals surface area contributed by atoms with Crippen LogP contribution in [0.25, 0.3) is 0 Å². The second kappa shape index (κ2) is 9.60. The molecule has 3 aromatic rings. The van der Waals surface area contributed by atoms with Gasteiger partial charge in [-0.15, -0.1) is 0 Å². The van der Waals surface area contributed by atoms with Crippen molar-refractivity contribution in [1.82, 2.24) is 0 Å². The topological polar surface area (TPSA) is 75.7 Å². The summed E-state index contributed by atoms with van der Waals surface area (Å²) in [4.78, 5) is 12.9. The van der Waals surface area contributed by atoms with Crippen LogP contribution < -0.4 is 14.4 Å². The molecule has 0 saturated heterocycles. The Labute approximate surface area is 191 Å². The van der Waals surface area contributed by atoms with Crippen molar-refractivity contribution in [2.75, 3.05) is 23.3 Å². The summed E-state index contributed by atoms with van der Waals surface area (Å²) in [5.41, 5.74) is 1.47. The highest BCUT2D eigenvalue weighted by Crippen LogP contribution is 2.33. The van der Waals surface area contributed by atoms with Gasteiger partial charge in [-0.1, -0.05) is 47.5 Å². The van der Waals surface area contributed by atoms with Gasteiger partial charge in [-0.3, -0.25) is 9.10 Å². The number of benzene rings is 3. The molecule has 3 aromatic carbocycles. The van der Waals surface area contributed by atoms with Gasteiger partial charge in [-0.25, -0.2) is 8.42 Å². The molecule has 162 valence electrons. The highest BCUT2D eigenvalue weighted by Gasteiger charge is 2.29. The minimum Gasteiger partial charge on any atom is -0.495 e. The van der Waals surface area contributed by atoms with Crippen LogP contribution in [0.3, 0.4) is 0 Å². The van der Waals surface area contributed by atoms with E-state index in [9.17, 15) is 13.2 Å². The van der Waals surface area contributed by atoms with Crippen LogP contribution in [-0.2, 0) is 14.8 Å². The van der Waals surface area contributed by atoms with Crippen LogP contribution in [0.15, 0.2) is 71.6 Å². The summed E-state index contributed by atoms with van der Waals surface area (Å²) in [6, 6.07) is 17.6. The van der Waals surface area contributed by atoms with Gasteiger partial charge < -0.3 is 10.1 Å². The molecule has 9 heteroatoms. The molecule has 0 aromatic heterocycles. The monoisotopic (exact) mass is 478 g/mol. The zero-order valence-electron chi connectivity index (χ0n) is 16.8. The Morgan fingerprint density at radius 2 is 1.71 bits per heavy atom. The number of nitrogens with one attached hydrogen (secondary N) is 1. The van der Waals surface area contributed by atoms with Crippen molar-refractivity contribution in [3.8, 4) is 5.75 Å². The first-order chi connectivity index (χ1) is 14.7. The summed E-state index contributed by atoms with van der Waals surface area (Å²) >= 11 is 11.9. The van der Waals surface area contributed by atoms with Crippen molar-refractivity contribution >= 4 is 50.5 Å². The summed E-state index contributed by atoms with van der Waals surface area (Å²) in [6.07, 6.45) is 0. The van der Waals surface area contributed by atoms with Crippen LogP contribution in [0.5, 0.6) is 5.75 Å². The van der Waals surface area contributed by atoms with Crippen LogP contribution in [0.2, 0.25) is 10.0 Å². The van der Waals surface area contributed by atoms with E-state index in [2.05, 4.69) is 5.32 Å². The van der Waals surface area contributed by atoms with Gasteiger partial charge in [-0.05, 0) is 55.0 Å². The Morgan fingerprint density at radius 3 is 2.35 bits per heavy atom. The van der Waals surface area contributed by atoms with E-state index in [1.165, 1.54) is 25.3 Å². The lowest BCUT2D eigenvalue weighted by Crippen LogP contribution is -2.38. The summed E-state index contributed by atoms with van der Waals surface area (Å²) in [7, 11) is -2.62. The third kappa shape index (κ3) is 5.31. The Kier molecular flexibility index (Phi) is 7.10. The molecule has 0 aliphatic carbocycles. The molecular weight excluding hydrogens is 459 g/mol. The number of sulfonamides is 1. The number of carbonyl (C=O) groups is 1. The highest BCUT2D eigenvalue weighted by molar-refractivity contribution is 7.92. The molecule has 0 aliphatic heterocycles. The molecule has 6 nitrogen and oxygen atoms in total. The van der Waals surface area contributed by atoms with Crippen molar-refractivity contribution < 1.29 is 17.9 Å². The number of aryl methyl sites for hydroxylation is 1. The second-order valence-corrected chi connectivity index (χ2v) is 9.35. The van der Waals surface area contributed by atoms with Crippen LogP contribution in [0, 0.1) is 6.92 Å². The van der Waals surface area contributed by atoms with E-state index in [1.54, 1.807) is 48.5 Å². The predicted molar refractivity (Wildman–Crippen MR) is 124 cm³/mol. The summed E-state index contributed by atoms with van der Waals surface area (Å²) in [5, 5.41) is 3.27. The van der Waals surface area contributed by atoms with Crippen LogP contribution >= 0.6 is 23.2 Å². The molecular formula is C22H20Cl2N2O4S. The van der Waals surface area contributed by atoms with Gasteiger partial charge in [-0.2, -0.15) is 0 Å². The quantitative estimate of drug-likeness (QED) is 0.509. The Balaban J connectivity index is 2.01. The number of hydrogen-bond acceptors (Lipinski definition) is 4. The zero-order chi connectivity index (χ0) is 22.6. The first-order valence-corrected chi connectivity index (χ1v) is 11.4. The highest BCUT2D eigenvalue weighted by atomic mass is 35.5. The second-order valence-electron chi connectivity index (χ2n) is 6.68. The summed E-state index contributed by atoms with van der Waals surface area (Å²) in [6.45, 7) is 1.35. The van der Waals surface area contributed by atoms with Gasteiger partial charge >= 0.3 is 0 Å². The average molecular weight is 479 g/mol. The number of halogens is 2. The molecule has 1 N–H and O–H groups in total. The Bertz CT molecular complexity index is 1200. The number of hydrogen-bond donors (Lipinski definition) is 1. The summed E-state index contributed by atoms with van der Waals surface area (Å²) < 4.78 is 33.3. The molecule has 3 rings (SSSR count). The van der Waals surface area contributed by atoms with Gasteiger partial charge in [0.25, 0.3) is 10.0 Å². The molecule has 1 amide bonds. The van der Waals surface area contributed by atoms with E-state index in [0.717, 1.165) is 9.87 Å². The predicted octanol–water partition coefficient (Wildman–Crippen LogP) is 5.14. The zero-order valence-corrected chi connectivity index (χ0v) is 19.1. The van der Waals surface area contributed by atoms with Gasteiger partial charge in [0.05, 0.1) is 27.7 Å². The first kappa shape index (κ1) is 22.9. The van der Waals surface area contributed by atoms with Crippen molar-refractivity contribution in [3.63, 3.8) is 0 Å². The number of methoxy groups -OCH3 is 1. The lowest BCUT2D eigenvalue weighted by molar-refractivity contribution is -0.114. The molecule has 0 atom stereocenters. The largest absolute Gasteiger partial charge is 0.495 e. The normalized spacial score (nSPS) is 11.1. The van der Waals surface area contributed by atoms with E-state index in [4.69, 9.17) is 27.9 Å². The van der Waals surface area contributed by atoms with E-state index >= 15 is 0 Å². The minimum absolute atomic E-state index is 0.0564. The van der Waals surface area contributed by atoms with E-state index in [0.29, 0.717) is 16.5 Å². The van der Waals surface area contributed by atoms with Crippen molar-refractivity contribution in [3.05, 3.63) is 82.3 Å². The molecule has 0 bridgehead atoms. The van der Waals surface area contributed by atoms with Gasteiger partial charge in [0.2, 0.25) is 5.91 Å². The maximum atomic E-state index is 13.5. The number of carbonyl (C=O) groups excluding carboxylic acids is 1. The number of ether oxygens (including phenoxy) is 1. The molecule has 0 saturated carbocycles.